The van der Waals surface area contributed by atoms with Gasteiger partial charge in [0, 0.05) is 24.5 Å². The molecular weight excluding hydrogens is 318 g/mol. The molecule has 2 aromatic rings. The van der Waals surface area contributed by atoms with Crippen molar-refractivity contribution in [1.29, 1.82) is 0 Å². The summed E-state index contributed by atoms with van der Waals surface area (Å²) < 4.78 is 1.78. The number of nitrogens with zero attached hydrogens (tertiary/aromatic N) is 3. The maximum atomic E-state index is 12.6. The Bertz CT molecular complexity index is 741. The number of carbonyl (C=O) groups is 2. The molecule has 1 aliphatic heterocycles. The minimum absolute atomic E-state index is 0.177. The molecule has 1 saturated heterocycles. The van der Waals surface area contributed by atoms with Gasteiger partial charge in [0.25, 0.3) is 0 Å². The zero-order chi connectivity index (χ0) is 17.8. The van der Waals surface area contributed by atoms with Gasteiger partial charge in [-0.25, -0.2) is 4.79 Å². The third-order valence-corrected chi connectivity index (χ3v) is 4.24. The number of anilines is 2. The Morgan fingerprint density at radius 1 is 1.16 bits per heavy atom. The number of urea groups is 1. The summed E-state index contributed by atoms with van der Waals surface area (Å²) >= 11 is 0. The standard InChI is InChI=1S/C18H23N5O2/c1-13(2)23-12-15(11-19-23)20-17(24)16-9-6-10-22(16)18(25)21-14-7-4-3-5-8-14/h3-5,7-8,11-13,16H,6,9-10H2,1-2H3,(H,20,24)(H,21,25). The summed E-state index contributed by atoms with van der Waals surface area (Å²) in [6.45, 7) is 4.61. The average Bonchev–Trinajstić information content (AvgIpc) is 3.25. The van der Waals surface area contributed by atoms with Crippen LogP contribution >= 0.6 is 0 Å². The Kier molecular flexibility index (Phi) is 5.02. The van der Waals surface area contributed by atoms with Crippen LogP contribution in [0.25, 0.3) is 0 Å². The lowest BCUT2D eigenvalue weighted by Crippen LogP contribution is -2.45. The Labute approximate surface area is 147 Å². The van der Waals surface area contributed by atoms with E-state index < -0.39 is 6.04 Å². The van der Waals surface area contributed by atoms with Crippen molar-refractivity contribution in [3.63, 3.8) is 0 Å². The summed E-state index contributed by atoms with van der Waals surface area (Å²) in [6.07, 6.45) is 4.89. The fourth-order valence-corrected chi connectivity index (χ4v) is 2.91. The van der Waals surface area contributed by atoms with Gasteiger partial charge in [0.15, 0.2) is 0 Å². The van der Waals surface area contributed by atoms with E-state index in [1.807, 2.05) is 44.2 Å². The van der Waals surface area contributed by atoms with E-state index in [0.717, 1.165) is 12.1 Å². The maximum absolute atomic E-state index is 12.6. The van der Waals surface area contributed by atoms with E-state index in [-0.39, 0.29) is 18.0 Å². The fraction of sp³-hybridized carbons (Fsp3) is 0.389. The summed E-state index contributed by atoms with van der Waals surface area (Å²) in [5.74, 6) is -0.177. The Balaban J connectivity index is 1.63. The first-order valence-corrected chi connectivity index (χ1v) is 8.52. The summed E-state index contributed by atoms with van der Waals surface area (Å²) in [6, 6.07) is 8.76. The molecule has 1 aliphatic rings. The van der Waals surface area contributed by atoms with Gasteiger partial charge in [-0.05, 0) is 38.8 Å². The minimum atomic E-state index is -0.467. The van der Waals surface area contributed by atoms with Crippen LogP contribution in [0.4, 0.5) is 16.2 Å². The van der Waals surface area contributed by atoms with E-state index in [1.165, 1.54) is 0 Å². The molecule has 7 nitrogen and oxygen atoms in total. The quantitative estimate of drug-likeness (QED) is 0.897. The van der Waals surface area contributed by atoms with Crippen LogP contribution in [0.1, 0.15) is 32.7 Å². The topological polar surface area (TPSA) is 79.3 Å². The van der Waals surface area contributed by atoms with E-state index in [1.54, 1.807) is 22.0 Å². The minimum Gasteiger partial charge on any atom is -0.322 e. The first-order valence-electron chi connectivity index (χ1n) is 8.52. The van der Waals surface area contributed by atoms with E-state index in [0.29, 0.717) is 18.7 Å². The Morgan fingerprint density at radius 3 is 2.60 bits per heavy atom. The molecule has 0 bridgehead atoms. The van der Waals surface area contributed by atoms with Gasteiger partial charge >= 0.3 is 6.03 Å². The number of amides is 3. The van der Waals surface area contributed by atoms with Crippen molar-refractivity contribution in [2.45, 2.75) is 38.8 Å². The molecule has 2 N–H and O–H groups in total. The van der Waals surface area contributed by atoms with Gasteiger partial charge in [0.2, 0.25) is 5.91 Å². The Hall–Kier alpha value is -2.83. The van der Waals surface area contributed by atoms with Crippen molar-refractivity contribution < 1.29 is 9.59 Å². The van der Waals surface area contributed by atoms with Crippen molar-refractivity contribution >= 4 is 23.3 Å². The zero-order valence-corrected chi connectivity index (χ0v) is 14.5. The molecule has 132 valence electrons. The number of rotatable bonds is 4. The number of hydrogen-bond donors (Lipinski definition) is 2. The second-order valence-electron chi connectivity index (χ2n) is 6.44. The summed E-state index contributed by atoms with van der Waals surface area (Å²) in [5.41, 5.74) is 1.37. The number of likely N-dealkylation sites (tertiary alicyclic amines) is 1. The molecule has 25 heavy (non-hydrogen) atoms. The van der Waals surface area contributed by atoms with Crippen molar-refractivity contribution in [3.8, 4) is 0 Å². The predicted octanol–water partition coefficient (Wildman–Crippen LogP) is 3.10. The number of aromatic nitrogens is 2. The Morgan fingerprint density at radius 2 is 1.92 bits per heavy atom. The van der Waals surface area contributed by atoms with Crippen LogP contribution in [-0.2, 0) is 4.79 Å². The van der Waals surface area contributed by atoms with Gasteiger partial charge in [0.1, 0.15) is 6.04 Å². The lowest BCUT2D eigenvalue weighted by molar-refractivity contribution is -0.119. The molecule has 2 heterocycles. The first kappa shape index (κ1) is 17.0. The molecule has 1 aromatic carbocycles. The molecule has 0 radical (unpaired) electrons. The number of nitrogens with one attached hydrogen (secondary N) is 2. The van der Waals surface area contributed by atoms with Gasteiger partial charge in [-0.15, -0.1) is 0 Å². The van der Waals surface area contributed by atoms with Crippen molar-refractivity contribution in [3.05, 3.63) is 42.7 Å². The zero-order valence-electron chi connectivity index (χ0n) is 14.5. The highest BCUT2D eigenvalue weighted by Crippen LogP contribution is 2.21. The summed E-state index contributed by atoms with van der Waals surface area (Å²) in [7, 11) is 0. The van der Waals surface area contributed by atoms with Crippen LogP contribution in [0.15, 0.2) is 42.7 Å². The van der Waals surface area contributed by atoms with E-state index in [4.69, 9.17) is 0 Å². The number of benzene rings is 1. The van der Waals surface area contributed by atoms with Crippen molar-refractivity contribution in [2.24, 2.45) is 0 Å². The highest BCUT2D eigenvalue weighted by molar-refractivity contribution is 5.99. The van der Waals surface area contributed by atoms with Gasteiger partial charge in [0.05, 0.1) is 11.9 Å². The number of carbonyl (C=O) groups excluding carboxylic acids is 2. The fourth-order valence-electron chi connectivity index (χ4n) is 2.91. The first-order chi connectivity index (χ1) is 12.0. The van der Waals surface area contributed by atoms with Gasteiger partial charge in [-0.1, -0.05) is 18.2 Å². The lowest BCUT2D eigenvalue weighted by atomic mass is 10.2. The van der Waals surface area contributed by atoms with Gasteiger partial charge in [-0.3, -0.25) is 9.48 Å². The van der Waals surface area contributed by atoms with E-state index in [9.17, 15) is 9.59 Å². The number of hydrogen-bond acceptors (Lipinski definition) is 3. The van der Waals surface area contributed by atoms with Crippen LogP contribution in [0.5, 0.6) is 0 Å². The summed E-state index contributed by atoms with van der Waals surface area (Å²) in [5, 5.41) is 9.92. The molecule has 1 aromatic heterocycles. The normalized spacial score (nSPS) is 16.9. The van der Waals surface area contributed by atoms with Gasteiger partial charge in [-0.2, -0.15) is 5.10 Å². The van der Waals surface area contributed by atoms with E-state index >= 15 is 0 Å². The SMILES string of the molecule is CC(C)n1cc(NC(=O)C2CCCN2C(=O)Nc2ccccc2)cn1. The average molecular weight is 341 g/mol. The predicted molar refractivity (Wildman–Crippen MR) is 96.4 cm³/mol. The summed E-state index contributed by atoms with van der Waals surface area (Å²) in [4.78, 5) is 26.7. The maximum Gasteiger partial charge on any atom is 0.322 e. The van der Waals surface area contributed by atoms with Crippen LogP contribution in [0, 0.1) is 0 Å². The largest absolute Gasteiger partial charge is 0.322 e. The molecule has 7 heteroatoms. The van der Waals surface area contributed by atoms with Crippen LogP contribution in [0.3, 0.4) is 0 Å². The smallest absolute Gasteiger partial charge is 0.322 e. The molecule has 1 atom stereocenters. The highest BCUT2D eigenvalue weighted by Gasteiger charge is 2.34. The third-order valence-electron chi connectivity index (χ3n) is 4.24. The molecule has 0 aliphatic carbocycles. The molecule has 3 amide bonds. The van der Waals surface area contributed by atoms with Crippen LogP contribution in [0.2, 0.25) is 0 Å². The molecular formula is C18H23N5O2. The lowest BCUT2D eigenvalue weighted by Gasteiger charge is -2.24. The number of para-hydroxylation sites is 1. The second kappa shape index (κ2) is 7.38. The van der Waals surface area contributed by atoms with E-state index in [2.05, 4.69) is 15.7 Å². The molecule has 0 spiro atoms. The van der Waals surface area contributed by atoms with Gasteiger partial charge < -0.3 is 15.5 Å². The van der Waals surface area contributed by atoms with Crippen LogP contribution < -0.4 is 10.6 Å². The van der Waals surface area contributed by atoms with Crippen LogP contribution in [-0.4, -0.2) is 39.2 Å². The molecule has 3 rings (SSSR count). The molecule has 1 unspecified atom stereocenters. The molecule has 0 saturated carbocycles. The molecule has 1 fully saturated rings. The highest BCUT2D eigenvalue weighted by atomic mass is 16.2. The second-order valence-corrected chi connectivity index (χ2v) is 6.44. The van der Waals surface area contributed by atoms with Crippen molar-refractivity contribution in [1.82, 2.24) is 14.7 Å². The van der Waals surface area contributed by atoms with Crippen molar-refractivity contribution in [2.75, 3.05) is 17.2 Å². The monoisotopic (exact) mass is 341 g/mol. The third kappa shape index (κ3) is 3.99.